The molecule has 0 amide bonds. The van der Waals surface area contributed by atoms with Gasteiger partial charge in [-0.2, -0.15) is 0 Å². The van der Waals surface area contributed by atoms with Gasteiger partial charge in [0.1, 0.15) is 12.7 Å². The third-order valence-corrected chi connectivity index (χ3v) is 5.63. The van der Waals surface area contributed by atoms with Crippen LogP contribution in [0.1, 0.15) is 13.3 Å². The van der Waals surface area contributed by atoms with Crippen molar-refractivity contribution < 1.29 is 23.8 Å². The molecule has 0 saturated carbocycles. The first kappa shape index (κ1) is 15.0. The van der Waals surface area contributed by atoms with Crippen molar-refractivity contribution in [2.75, 3.05) is 27.4 Å². The molecule has 0 bridgehead atoms. The molecule has 0 aromatic heterocycles. The maximum absolute atomic E-state index is 9.57. The Kier molecular flexibility index (Phi) is 7.32. The largest absolute Gasteiger partial charge is 0.396 e. The smallest absolute Gasteiger partial charge is 0.364 e. The van der Waals surface area contributed by atoms with Crippen LogP contribution in [0.2, 0.25) is 6.55 Å². The molecule has 5 nitrogen and oxygen atoms in total. The summed E-state index contributed by atoms with van der Waals surface area (Å²) >= 11 is 0. The highest BCUT2D eigenvalue weighted by Gasteiger charge is 2.36. The molecule has 2 unspecified atom stereocenters. The zero-order valence-electron chi connectivity index (χ0n) is 9.86. The van der Waals surface area contributed by atoms with E-state index in [-0.39, 0.29) is 12.7 Å². The second-order valence-electron chi connectivity index (χ2n) is 3.47. The van der Waals surface area contributed by atoms with E-state index in [1.54, 1.807) is 14.2 Å². The van der Waals surface area contributed by atoms with Gasteiger partial charge in [0.15, 0.2) is 0 Å². The van der Waals surface area contributed by atoms with Gasteiger partial charge in [-0.05, 0) is 13.0 Å². The average molecular weight is 237 g/mol. The normalized spacial score (nSPS) is 21.6. The summed E-state index contributed by atoms with van der Waals surface area (Å²) in [7, 11) is 0.911. The van der Waals surface area contributed by atoms with E-state index in [9.17, 15) is 10.2 Å². The summed E-state index contributed by atoms with van der Waals surface area (Å²) in [5, 5.41) is 19.0. The summed E-state index contributed by atoms with van der Waals surface area (Å²) in [6.07, 6.45) is 0.764. The SMILES string of the molecule is CCC(O)[Si](C)(OC)OC.[O]CC1CO1. The van der Waals surface area contributed by atoms with Crippen LogP contribution >= 0.6 is 0 Å². The third kappa shape index (κ3) is 5.60. The molecule has 1 radical (unpaired) electrons. The first-order valence-corrected chi connectivity index (χ1v) is 7.41. The zero-order valence-corrected chi connectivity index (χ0v) is 10.9. The molecule has 0 aliphatic carbocycles. The summed E-state index contributed by atoms with van der Waals surface area (Å²) in [6, 6.07) is 0. The van der Waals surface area contributed by atoms with E-state index in [2.05, 4.69) is 4.74 Å². The number of rotatable bonds is 5. The van der Waals surface area contributed by atoms with Crippen LogP contribution in [-0.4, -0.2) is 52.9 Å². The monoisotopic (exact) mass is 237 g/mol. The Labute approximate surface area is 92.2 Å². The third-order valence-electron chi connectivity index (χ3n) is 2.39. The summed E-state index contributed by atoms with van der Waals surface area (Å²) in [5.74, 6) is 0. The molecule has 1 fully saturated rings. The van der Waals surface area contributed by atoms with Crippen LogP contribution < -0.4 is 0 Å². The minimum absolute atomic E-state index is 0.0556. The molecular weight excluding hydrogens is 216 g/mol. The van der Waals surface area contributed by atoms with Gasteiger partial charge in [0.25, 0.3) is 0 Å². The molecular formula is C9H21O5Si. The second kappa shape index (κ2) is 7.32. The molecule has 1 saturated heterocycles. The predicted molar refractivity (Wildman–Crippen MR) is 57.2 cm³/mol. The Hall–Kier alpha value is 0.0169. The summed E-state index contributed by atoms with van der Waals surface area (Å²) in [6.45, 7) is 4.40. The van der Waals surface area contributed by atoms with Crippen molar-refractivity contribution in [3.8, 4) is 0 Å². The molecule has 1 rings (SSSR count). The Morgan fingerprint density at radius 1 is 1.53 bits per heavy atom. The topological polar surface area (TPSA) is 71.1 Å². The Balaban J connectivity index is 0.000000322. The standard InChI is InChI=1S/C6H16O3Si.C3H5O2/c1-5-6(7)10(4,8-2)9-3;4-1-3-2-5-3/h6-7H,5H2,1-4H3;3H,1-2H2. The van der Waals surface area contributed by atoms with Crippen molar-refractivity contribution in [3.63, 3.8) is 0 Å². The zero-order chi connectivity index (χ0) is 11.9. The molecule has 0 spiro atoms. The summed E-state index contributed by atoms with van der Waals surface area (Å²) in [5.41, 5.74) is -0.428. The number of hydrogen-bond donors (Lipinski definition) is 1. The van der Waals surface area contributed by atoms with Gasteiger partial charge in [-0.25, -0.2) is 5.11 Å². The van der Waals surface area contributed by atoms with E-state index in [4.69, 9.17) is 8.85 Å². The molecule has 1 aliphatic rings. The average Bonchev–Trinajstić information content (AvgIpc) is 3.11. The fraction of sp³-hybridized carbons (Fsp3) is 1.00. The van der Waals surface area contributed by atoms with Gasteiger partial charge in [-0.1, -0.05) is 6.92 Å². The lowest BCUT2D eigenvalue weighted by Crippen LogP contribution is -2.48. The van der Waals surface area contributed by atoms with E-state index >= 15 is 0 Å². The first-order chi connectivity index (χ1) is 7.03. The lowest BCUT2D eigenvalue weighted by molar-refractivity contribution is 0.142. The molecule has 1 aliphatic heterocycles. The van der Waals surface area contributed by atoms with Crippen molar-refractivity contribution >= 4 is 8.56 Å². The van der Waals surface area contributed by atoms with Crippen molar-refractivity contribution in [3.05, 3.63) is 0 Å². The van der Waals surface area contributed by atoms with Crippen molar-refractivity contribution in [2.24, 2.45) is 0 Å². The molecule has 91 valence electrons. The molecule has 2 atom stereocenters. The minimum Gasteiger partial charge on any atom is -0.396 e. The summed E-state index contributed by atoms with van der Waals surface area (Å²) < 4.78 is 14.8. The van der Waals surface area contributed by atoms with Crippen LogP contribution in [-0.2, 0) is 18.7 Å². The van der Waals surface area contributed by atoms with Crippen molar-refractivity contribution in [2.45, 2.75) is 31.7 Å². The van der Waals surface area contributed by atoms with Gasteiger partial charge < -0.3 is 18.7 Å². The molecule has 0 aromatic rings. The number of aliphatic hydroxyl groups excluding tert-OH is 1. The van der Waals surface area contributed by atoms with Crippen LogP contribution in [0.15, 0.2) is 0 Å². The maximum Gasteiger partial charge on any atom is 0.364 e. The Morgan fingerprint density at radius 2 is 2.00 bits per heavy atom. The number of ether oxygens (including phenoxy) is 1. The molecule has 0 aromatic carbocycles. The van der Waals surface area contributed by atoms with E-state index in [0.29, 0.717) is 13.0 Å². The van der Waals surface area contributed by atoms with Gasteiger partial charge in [-0.15, -0.1) is 0 Å². The minimum atomic E-state index is -2.25. The fourth-order valence-electron chi connectivity index (χ4n) is 0.890. The van der Waals surface area contributed by atoms with Crippen LogP contribution in [0.5, 0.6) is 0 Å². The highest BCUT2D eigenvalue weighted by Crippen LogP contribution is 2.12. The van der Waals surface area contributed by atoms with Crippen molar-refractivity contribution in [1.82, 2.24) is 0 Å². The number of epoxide rings is 1. The van der Waals surface area contributed by atoms with Gasteiger partial charge in [-0.3, -0.25) is 0 Å². The maximum atomic E-state index is 9.57. The molecule has 1 heterocycles. The second-order valence-corrected chi connectivity index (χ2v) is 6.99. The van der Waals surface area contributed by atoms with E-state index in [1.165, 1.54) is 0 Å². The van der Waals surface area contributed by atoms with Gasteiger partial charge in [0.2, 0.25) is 0 Å². The Bertz CT molecular complexity index is 159. The Morgan fingerprint density at radius 3 is 2.07 bits per heavy atom. The summed E-state index contributed by atoms with van der Waals surface area (Å²) in [4.78, 5) is 0. The van der Waals surface area contributed by atoms with Gasteiger partial charge >= 0.3 is 8.56 Å². The van der Waals surface area contributed by atoms with E-state index in [1.807, 2.05) is 13.5 Å². The molecule has 6 heteroatoms. The quantitative estimate of drug-likeness (QED) is 0.557. The fourth-order valence-corrected chi connectivity index (χ4v) is 2.34. The molecule has 15 heavy (non-hydrogen) atoms. The lowest BCUT2D eigenvalue weighted by atomic mass is 10.5. The highest BCUT2D eigenvalue weighted by atomic mass is 28.4. The van der Waals surface area contributed by atoms with Crippen LogP contribution in [0, 0.1) is 0 Å². The van der Waals surface area contributed by atoms with Crippen LogP contribution in [0.3, 0.4) is 0 Å². The number of aliphatic hydroxyl groups is 1. The van der Waals surface area contributed by atoms with Crippen LogP contribution in [0.25, 0.3) is 0 Å². The highest BCUT2D eigenvalue weighted by molar-refractivity contribution is 6.67. The molecule has 1 N–H and O–H groups in total. The van der Waals surface area contributed by atoms with E-state index < -0.39 is 14.3 Å². The predicted octanol–water partition coefficient (Wildman–Crippen LogP) is 0.477. The number of hydrogen-bond acceptors (Lipinski definition) is 4. The lowest BCUT2D eigenvalue weighted by Gasteiger charge is -2.26. The van der Waals surface area contributed by atoms with Crippen molar-refractivity contribution in [1.29, 1.82) is 0 Å². The van der Waals surface area contributed by atoms with Gasteiger partial charge in [0.05, 0.1) is 12.3 Å². The van der Waals surface area contributed by atoms with Gasteiger partial charge in [0, 0.05) is 14.2 Å². The van der Waals surface area contributed by atoms with E-state index in [0.717, 1.165) is 0 Å². The first-order valence-electron chi connectivity index (χ1n) is 5.02. The van der Waals surface area contributed by atoms with Crippen LogP contribution in [0.4, 0.5) is 0 Å².